The third-order valence-corrected chi connectivity index (χ3v) is 3.98. The average molecular weight is 336 g/mol. The van der Waals surface area contributed by atoms with Crippen molar-refractivity contribution in [1.82, 2.24) is 5.32 Å². The van der Waals surface area contributed by atoms with Gasteiger partial charge in [0.15, 0.2) is 11.5 Å². The fourth-order valence-corrected chi connectivity index (χ4v) is 2.88. The second-order valence-electron chi connectivity index (χ2n) is 5.26. The first-order valence-electron chi connectivity index (χ1n) is 7.48. The van der Waals surface area contributed by atoms with Gasteiger partial charge in [0.25, 0.3) is 0 Å². The van der Waals surface area contributed by atoms with Crippen molar-refractivity contribution in [2.24, 2.45) is 0 Å². The van der Waals surface area contributed by atoms with Crippen molar-refractivity contribution in [3.8, 4) is 17.2 Å². The number of fused-ring (bicyclic) bond motifs is 1. The standard InChI is InChI=1S/C18H21NO3.ClH/c1-20-17-9-5-6-13(18(17)21-2)12-19-15-10-11-22-16-8-4-3-7-14(15)16;/h3-9,15,19H,10-12H2,1-2H3;1H. The molecule has 4 nitrogen and oxygen atoms in total. The fraction of sp³-hybridized carbons (Fsp3) is 0.333. The Bertz CT molecular complexity index is 648. The molecular formula is C18H22ClNO3. The zero-order valence-electron chi connectivity index (χ0n) is 13.4. The lowest BCUT2D eigenvalue weighted by atomic mass is 10.00. The van der Waals surface area contributed by atoms with Gasteiger partial charge >= 0.3 is 0 Å². The van der Waals surface area contributed by atoms with E-state index in [1.165, 1.54) is 5.56 Å². The lowest BCUT2D eigenvalue weighted by Crippen LogP contribution is -2.26. The van der Waals surface area contributed by atoms with Crippen molar-refractivity contribution in [3.05, 3.63) is 53.6 Å². The molecule has 0 spiro atoms. The molecule has 2 aromatic rings. The smallest absolute Gasteiger partial charge is 0.165 e. The van der Waals surface area contributed by atoms with Gasteiger partial charge in [-0.3, -0.25) is 0 Å². The molecule has 1 aliphatic heterocycles. The van der Waals surface area contributed by atoms with Crippen LogP contribution in [0.1, 0.15) is 23.6 Å². The maximum atomic E-state index is 5.70. The maximum absolute atomic E-state index is 5.70. The molecular weight excluding hydrogens is 314 g/mol. The summed E-state index contributed by atoms with van der Waals surface area (Å²) in [5.74, 6) is 2.52. The zero-order chi connectivity index (χ0) is 15.4. The van der Waals surface area contributed by atoms with Crippen LogP contribution in [0.3, 0.4) is 0 Å². The molecule has 1 unspecified atom stereocenters. The quantitative estimate of drug-likeness (QED) is 0.903. The van der Waals surface area contributed by atoms with Crippen molar-refractivity contribution in [1.29, 1.82) is 0 Å². The molecule has 2 aromatic carbocycles. The molecule has 1 heterocycles. The molecule has 0 saturated heterocycles. The first-order valence-corrected chi connectivity index (χ1v) is 7.48. The highest BCUT2D eigenvalue weighted by molar-refractivity contribution is 5.85. The number of hydrogen-bond donors (Lipinski definition) is 1. The van der Waals surface area contributed by atoms with E-state index in [0.717, 1.165) is 42.4 Å². The topological polar surface area (TPSA) is 39.7 Å². The molecule has 124 valence electrons. The third kappa shape index (κ3) is 3.71. The average Bonchev–Trinajstić information content (AvgIpc) is 2.59. The van der Waals surface area contributed by atoms with Gasteiger partial charge < -0.3 is 19.5 Å². The normalized spacial score (nSPS) is 15.8. The molecule has 1 atom stereocenters. The third-order valence-electron chi connectivity index (χ3n) is 3.98. The number of halogens is 1. The van der Waals surface area contributed by atoms with Gasteiger partial charge in [-0.25, -0.2) is 0 Å². The summed E-state index contributed by atoms with van der Waals surface area (Å²) in [4.78, 5) is 0. The summed E-state index contributed by atoms with van der Waals surface area (Å²) < 4.78 is 16.5. The van der Waals surface area contributed by atoms with E-state index in [4.69, 9.17) is 14.2 Å². The molecule has 1 N–H and O–H groups in total. The highest BCUT2D eigenvalue weighted by atomic mass is 35.5. The minimum atomic E-state index is 0. The predicted octanol–water partition coefficient (Wildman–Crippen LogP) is 3.74. The molecule has 0 aliphatic carbocycles. The lowest BCUT2D eigenvalue weighted by Gasteiger charge is -2.27. The lowest BCUT2D eigenvalue weighted by molar-refractivity contribution is 0.251. The van der Waals surface area contributed by atoms with Crippen LogP contribution in [0.5, 0.6) is 17.2 Å². The monoisotopic (exact) mass is 335 g/mol. The van der Waals surface area contributed by atoms with E-state index in [9.17, 15) is 0 Å². The van der Waals surface area contributed by atoms with Gasteiger partial charge in [0.05, 0.1) is 20.8 Å². The van der Waals surface area contributed by atoms with E-state index in [0.29, 0.717) is 6.04 Å². The van der Waals surface area contributed by atoms with Gasteiger partial charge in [0.2, 0.25) is 0 Å². The molecule has 0 radical (unpaired) electrons. The minimum absolute atomic E-state index is 0. The number of hydrogen-bond acceptors (Lipinski definition) is 4. The van der Waals surface area contributed by atoms with E-state index in [1.807, 2.05) is 30.3 Å². The van der Waals surface area contributed by atoms with Crippen LogP contribution in [-0.2, 0) is 6.54 Å². The Morgan fingerprint density at radius 2 is 1.91 bits per heavy atom. The first-order chi connectivity index (χ1) is 10.8. The molecule has 1 aliphatic rings. The Kier molecular flexibility index (Phi) is 6.13. The Morgan fingerprint density at radius 3 is 2.70 bits per heavy atom. The molecule has 5 heteroatoms. The van der Waals surface area contributed by atoms with Crippen LogP contribution in [0.2, 0.25) is 0 Å². The number of rotatable bonds is 5. The van der Waals surface area contributed by atoms with Crippen LogP contribution in [0.4, 0.5) is 0 Å². The van der Waals surface area contributed by atoms with Crippen LogP contribution < -0.4 is 19.5 Å². The van der Waals surface area contributed by atoms with E-state index >= 15 is 0 Å². The summed E-state index contributed by atoms with van der Waals surface area (Å²) in [5, 5.41) is 3.60. The molecule has 23 heavy (non-hydrogen) atoms. The van der Waals surface area contributed by atoms with Crippen molar-refractivity contribution >= 4 is 12.4 Å². The highest BCUT2D eigenvalue weighted by Gasteiger charge is 2.21. The zero-order valence-corrected chi connectivity index (χ0v) is 14.2. The molecule has 0 bridgehead atoms. The Balaban J connectivity index is 0.00000192. The van der Waals surface area contributed by atoms with Crippen LogP contribution in [0.15, 0.2) is 42.5 Å². The van der Waals surface area contributed by atoms with Gasteiger partial charge in [0.1, 0.15) is 5.75 Å². The van der Waals surface area contributed by atoms with E-state index in [2.05, 4.69) is 17.4 Å². The van der Waals surface area contributed by atoms with Gasteiger partial charge in [-0.05, 0) is 12.1 Å². The maximum Gasteiger partial charge on any atom is 0.165 e. The summed E-state index contributed by atoms with van der Waals surface area (Å²) >= 11 is 0. The Labute approximate surface area is 143 Å². The van der Waals surface area contributed by atoms with Gasteiger partial charge in [0, 0.05) is 30.1 Å². The van der Waals surface area contributed by atoms with Crippen molar-refractivity contribution in [3.63, 3.8) is 0 Å². The van der Waals surface area contributed by atoms with Crippen LogP contribution in [0, 0.1) is 0 Å². The summed E-state index contributed by atoms with van der Waals surface area (Å²) in [6.45, 7) is 1.46. The Morgan fingerprint density at radius 1 is 1.09 bits per heavy atom. The fourth-order valence-electron chi connectivity index (χ4n) is 2.88. The molecule has 0 aromatic heterocycles. The van der Waals surface area contributed by atoms with E-state index in [1.54, 1.807) is 14.2 Å². The van der Waals surface area contributed by atoms with Gasteiger partial charge in [-0.2, -0.15) is 0 Å². The van der Waals surface area contributed by atoms with Crippen LogP contribution >= 0.6 is 12.4 Å². The number of nitrogens with one attached hydrogen (secondary N) is 1. The van der Waals surface area contributed by atoms with E-state index < -0.39 is 0 Å². The highest BCUT2D eigenvalue weighted by Crippen LogP contribution is 2.34. The largest absolute Gasteiger partial charge is 0.493 e. The summed E-state index contributed by atoms with van der Waals surface area (Å²) in [5.41, 5.74) is 2.31. The van der Waals surface area contributed by atoms with Crippen molar-refractivity contribution < 1.29 is 14.2 Å². The van der Waals surface area contributed by atoms with Crippen LogP contribution in [0.25, 0.3) is 0 Å². The second-order valence-corrected chi connectivity index (χ2v) is 5.26. The number of methoxy groups -OCH3 is 2. The number of ether oxygens (including phenoxy) is 3. The summed E-state index contributed by atoms with van der Waals surface area (Å²) in [6, 6.07) is 14.4. The Hall–Kier alpha value is -1.91. The van der Waals surface area contributed by atoms with Crippen molar-refractivity contribution in [2.45, 2.75) is 19.0 Å². The number of para-hydroxylation sites is 2. The molecule has 0 fully saturated rings. The van der Waals surface area contributed by atoms with E-state index in [-0.39, 0.29) is 12.4 Å². The summed E-state index contributed by atoms with van der Waals surface area (Å²) in [6.07, 6.45) is 0.962. The number of benzene rings is 2. The molecule has 0 saturated carbocycles. The molecule has 0 amide bonds. The van der Waals surface area contributed by atoms with Crippen LogP contribution in [-0.4, -0.2) is 20.8 Å². The summed E-state index contributed by atoms with van der Waals surface area (Å²) in [7, 11) is 3.33. The molecule has 3 rings (SSSR count). The second kappa shape index (κ2) is 8.09. The van der Waals surface area contributed by atoms with Crippen molar-refractivity contribution in [2.75, 3.05) is 20.8 Å². The van der Waals surface area contributed by atoms with Gasteiger partial charge in [-0.15, -0.1) is 12.4 Å². The minimum Gasteiger partial charge on any atom is -0.493 e. The van der Waals surface area contributed by atoms with Gasteiger partial charge in [-0.1, -0.05) is 30.3 Å². The predicted molar refractivity (Wildman–Crippen MR) is 92.9 cm³/mol. The first kappa shape index (κ1) is 17.4. The SMILES string of the molecule is COc1cccc(CNC2CCOc3ccccc32)c1OC.Cl.